The van der Waals surface area contributed by atoms with Gasteiger partial charge in [-0.1, -0.05) is 17.7 Å². The van der Waals surface area contributed by atoms with E-state index in [-0.39, 0.29) is 11.7 Å². The van der Waals surface area contributed by atoms with Gasteiger partial charge in [-0.25, -0.2) is 4.79 Å². The Morgan fingerprint density at radius 2 is 1.89 bits per heavy atom. The Labute approximate surface area is 170 Å². The molecule has 1 N–H and O–H groups in total. The van der Waals surface area contributed by atoms with Crippen molar-refractivity contribution in [2.45, 2.75) is 33.3 Å². The fraction of sp³-hybridized carbons (Fsp3) is 0.450. The van der Waals surface area contributed by atoms with Crippen molar-refractivity contribution in [3.8, 4) is 6.07 Å². The average molecular weight is 405 g/mol. The lowest BCUT2D eigenvalue weighted by atomic mass is 10.2. The van der Waals surface area contributed by atoms with Gasteiger partial charge in [-0.3, -0.25) is 4.79 Å². The van der Waals surface area contributed by atoms with Crippen LogP contribution in [-0.4, -0.2) is 53.6 Å². The predicted molar refractivity (Wildman–Crippen MR) is 108 cm³/mol. The zero-order chi connectivity index (χ0) is 20.9. The molecule has 1 aliphatic heterocycles. The smallest absolute Gasteiger partial charge is 0.410 e. The molecule has 2 rings (SSSR count). The molecular formula is C20H25ClN4O3. The van der Waals surface area contributed by atoms with Crippen LogP contribution in [0.3, 0.4) is 0 Å². The van der Waals surface area contributed by atoms with Gasteiger partial charge in [0.1, 0.15) is 17.2 Å². The van der Waals surface area contributed by atoms with Crippen molar-refractivity contribution >= 4 is 29.3 Å². The minimum absolute atomic E-state index is 0.0117. The topological polar surface area (TPSA) is 85.7 Å². The lowest BCUT2D eigenvalue weighted by molar-refractivity contribution is -0.112. The number of carbonyl (C=O) groups is 2. The molecule has 1 fully saturated rings. The summed E-state index contributed by atoms with van der Waals surface area (Å²) in [6, 6.07) is 7.10. The third-order valence-corrected chi connectivity index (χ3v) is 4.48. The van der Waals surface area contributed by atoms with Crippen LogP contribution in [0.5, 0.6) is 0 Å². The second kappa shape index (κ2) is 8.98. The minimum Gasteiger partial charge on any atom is -0.444 e. The Morgan fingerprint density at radius 1 is 1.25 bits per heavy atom. The third kappa shape index (κ3) is 6.17. The summed E-state index contributed by atoms with van der Waals surface area (Å²) < 4.78 is 5.36. The maximum atomic E-state index is 12.4. The summed E-state index contributed by atoms with van der Waals surface area (Å²) in [6.45, 7) is 9.26. The molecule has 0 atom stereocenters. The van der Waals surface area contributed by atoms with Gasteiger partial charge in [0, 0.05) is 43.1 Å². The Bertz CT molecular complexity index is 816. The Kier molecular flexibility index (Phi) is 6.92. The first-order chi connectivity index (χ1) is 13.1. The molecule has 1 saturated heterocycles. The van der Waals surface area contributed by atoms with Crippen LogP contribution < -0.4 is 5.32 Å². The van der Waals surface area contributed by atoms with E-state index in [9.17, 15) is 14.9 Å². The highest BCUT2D eigenvalue weighted by atomic mass is 35.5. The molecule has 7 nitrogen and oxygen atoms in total. The van der Waals surface area contributed by atoms with Crippen molar-refractivity contribution in [2.24, 2.45) is 0 Å². The van der Waals surface area contributed by atoms with Gasteiger partial charge in [0.25, 0.3) is 5.91 Å². The number of carbonyl (C=O) groups excluding carboxylic acids is 2. The zero-order valence-corrected chi connectivity index (χ0v) is 17.3. The largest absolute Gasteiger partial charge is 0.444 e. The van der Waals surface area contributed by atoms with Gasteiger partial charge in [0.05, 0.1) is 0 Å². The Hall–Kier alpha value is -2.72. The molecule has 0 bridgehead atoms. The summed E-state index contributed by atoms with van der Waals surface area (Å²) in [4.78, 5) is 28.0. The van der Waals surface area contributed by atoms with Crippen molar-refractivity contribution in [2.75, 3.05) is 31.5 Å². The minimum atomic E-state index is -0.543. The van der Waals surface area contributed by atoms with Crippen molar-refractivity contribution in [1.29, 1.82) is 5.26 Å². The number of benzene rings is 1. The molecule has 150 valence electrons. The van der Waals surface area contributed by atoms with Crippen molar-refractivity contribution in [3.63, 3.8) is 0 Å². The fourth-order valence-corrected chi connectivity index (χ4v) is 2.73. The van der Waals surface area contributed by atoms with E-state index in [0.29, 0.717) is 36.9 Å². The number of hydrogen-bond acceptors (Lipinski definition) is 5. The number of nitrogens with one attached hydrogen (secondary N) is 1. The number of aryl methyl sites for hydroxylation is 1. The normalized spacial score (nSPS) is 15.1. The number of piperazine rings is 1. The number of ether oxygens (including phenoxy) is 1. The van der Waals surface area contributed by atoms with Crippen molar-refractivity contribution < 1.29 is 14.3 Å². The molecule has 8 heteroatoms. The van der Waals surface area contributed by atoms with E-state index in [0.717, 1.165) is 5.56 Å². The first-order valence-electron chi connectivity index (χ1n) is 9.00. The van der Waals surface area contributed by atoms with E-state index in [1.807, 2.05) is 38.7 Å². The lowest BCUT2D eigenvalue weighted by Crippen LogP contribution is -2.48. The second-order valence-electron chi connectivity index (χ2n) is 7.58. The van der Waals surface area contributed by atoms with Crippen LogP contribution >= 0.6 is 11.6 Å². The molecule has 1 aromatic rings. The quantitative estimate of drug-likeness (QED) is 0.615. The molecule has 1 aliphatic rings. The molecule has 0 spiro atoms. The third-order valence-electron chi connectivity index (χ3n) is 4.07. The number of nitrogens with zero attached hydrogens (tertiary/aromatic N) is 3. The van der Waals surface area contributed by atoms with Crippen LogP contribution in [0, 0.1) is 18.3 Å². The molecule has 0 radical (unpaired) electrons. The molecule has 1 aromatic carbocycles. The van der Waals surface area contributed by atoms with E-state index in [4.69, 9.17) is 16.3 Å². The Morgan fingerprint density at radius 3 is 2.43 bits per heavy atom. The van der Waals surface area contributed by atoms with Crippen LogP contribution in [0.1, 0.15) is 26.3 Å². The van der Waals surface area contributed by atoms with E-state index in [2.05, 4.69) is 5.32 Å². The predicted octanol–water partition coefficient (Wildman–Crippen LogP) is 3.55. The zero-order valence-electron chi connectivity index (χ0n) is 16.6. The first-order valence-corrected chi connectivity index (χ1v) is 9.38. The van der Waals surface area contributed by atoms with E-state index < -0.39 is 11.5 Å². The van der Waals surface area contributed by atoms with Gasteiger partial charge in [0.15, 0.2) is 0 Å². The maximum Gasteiger partial charge on any atom is 0.410 e. The Balaban J connectivity index is 1.96. The van der Waals surface area contributed by atoms with Crippen LogP contribution in [0.4, 0.5) is 10.5 Å². The summed E-state index contributed by atoms with van der Waals surface area (Å²) in [6.07, 6.45) is 1.17. The van der Waals surface area contributed by atoms with E-state index in [1.54, 1.807) is 23.1 Å². The number of hydrogen-bond donors (Lipinski definition) is 1. The highest BCUT2D eigenvalue weighted by molar-refractivity contribution is 6.31. The number of nitriles is 1. The van der Waals surface area contributed by atoms with Crippen LogP contribution in [0.25, 0.3) is 0 Å². The molecule has 28 heavy (non-hydrogen) atoms. The maximum absolute atomic E-state index is 12.4. The average Bonchev–Trinajstić information content (AvgIpc) is 2.61. The van der Waals surface area contributed by atoms with Crippen LogP contribution in [0.15, 0.2) is 30.0 Å². The summed E-state index contributed by atoms with van der Waals surface area (Å²) in [7, 11) is 0. The first kappa shape index (κ1) is 21.6. The SMILES string of the molecule is Cc1ccc(NC(=O)/C(C#N)=C\N2CCN(C(=O)OC(C)(C)C)CC2)cc1Cl. The lowest BCUT2D eigenvalue weighted by Gasteiger charge is -2.35. The van der Waals surface area contributed by atoms with Gasteiger partial charge in [-0.2, -0.15) is 5.26 Å². The van der Waals surface area contributed by atoms with Gasteiger partial charge < -0.3 is 19.9 Å². The molecular weight excluding hydrogens is 380 g/mol. The van der Waals surface area contributed by atoms with Gasteiger partial charge >= 0.3 is 6.09 Å². The van der Waals surface area contributed by atoms with E-state index >= 15 is 0 Å². The molecule has 0 unspecified atom stereocenters. The number of amides is 2. The van der Waals surface area contributed by atoms with Gasteiger partial charge in [0.2, 0.25) is 0 Å². The van der Waals surface area contributed by atoms with Crippen LogP contribution in [0.2, 0.25) is 5.02 Å². The standard InChI is InChI=1S/C20H25ClN4O3/c1-14-5-6-16(11-17(14)21)23-18(26)15(12-22)13-24-7-9-25(10-8-24)19(27)28-20(2,3)4/h5-6,11,13H,7-10H2,1-4H3,(H,23,26)/b15-13-. The van der Waals surface area contributed by atoms with Gasteiger partial charge in [-0.05, 0) is 45.4 Å². The summed E-state index contributed by atoms with van der Waals surface area (Å²) >= 11 is 6.06. The molecule has 2 amide bonds. The highest BCUT2D eigenvalue weighted by Gasteiger charge is 2.25. The van der Waals surface area contributed by atoms with Gasteiger partial charge in [-0.15, -0.1) is 0 Å². The molecule has 0 aliphatic carbocycles. The van der Waals surface area contributed by atoms with Crippen LogP contribution in [-0.2, 0) is 9.53 Å². The molecule has 0 saturated carbocycles. The van der Waals surface area contributed by atoms with E-state index in [1.165, 1.54) is 6.20 Å². The summed E-state index contributed by atoms with van der Waals surface area (Å²) in [5.41, 5.74) is 0.872. The van der Waals surface area contributed by atoms with Crippen molar-refractivity contribution in [3.05, 3.63) is 40.6 Å². The number of rotatable bonds is 3. The summed E-state index contributed by atoms with van der Waals surface area (Å²) in [5, 5.41) is 12.6. The second-order valence-corrected chi connectivity index (χ2v) is 7.98. The number of halogens is 1. The fourth-order valence-electron chi connectivity index (χ4n) is 2.55. The van der Waals surface area contributed by atoms with Crippen molar-refractivity contribution in [1.82, 2.24) is 9.80 Å². The highest BCUT2D eigenvalue weighted by Crippen LogP contribution is 2.20. The summed E-state index contributed by atoms with van der Waals surface area (Å²) in [5.74, 6) is -0.503. The monoisotopic (exact) mass is 404 g/mol. The molecule has 0 aromatic heterocycles. The number of anilines is 1. The molecule has 1 heterocycles.